The van der Waals surface area contributed by atoms with E-state index in [0.29, 0.717) is 16.2 Å². The van der Waals surface area contributed by atoms with E-state index in [-0.39, 0.29) is 17.9 Å². The number of fused-ring (bicyclic) bond motifs is 2. The summed E-state index contributed by atoms with van der Waals surface area (Å²) in [5.74, 6) is -0.399. The lowest BCUT2D eigenvalue weighted by Crippen LogP contribution is -2.16. The molecule has 0 saturated heterocycles. The normalized spacial score (nSPS) is 11.3. The maximum Gasteiger partial charge on any atom is 0.374 e. The Morgan fingerprint density at radius 3 is 2.92 bits per heavy atom. The molecule has 0 fully saturated rings. The number of esters is 1. The Kier molecular flexibility index (Phi) is 3.65. The maximum atomic E-state index is 12.3. The number of para-hydroxylation sites is 1. The zero-order valence-corrected chi connectivity index (χ0v) is 14.4. The number of hydrogen-bond donors (Lipinski definition) is 0. The third-order valence-electron chi connectivity index (χ3n) is 4.01. The van der Waals surface area contributed by atoms with Crippen molar-refractivity contribution in [3.05, 3.63) is 68.8 Å². The van der Waals surface area contributed by atoms with Gasteiger partial charge in [0.2, 0.25) is 5.76 Å². The predicted molar refractivity (Wildman–Crippen MR) is 94.1 cm³/mol. The molecule has 6 nitrogen and oxygen atoms in total. The van der Waals surface area contributed by atoms with Crippen molar-refractivity contribution in [2.75, 3.05) is 0 Å². The van der Waals surface area contributed by atoms with Gasteiger partial charge in [0, 0.05) is 28.1 Å². The second kappa shape index (κ2) is 5.86. The van der Waals surface area contributed by atoms with Crippen LogP contribution in [-0.4, -0.2) is 15.4 Å². The van der Waals surface area contributed by atoms with Crippen molar-refractivity contribution in [3.8, 4) is 0 Å². The number of aromatic nitrogens is 2. The average Bonchev–Trinajstić information content (AvgIpc) is 3.14. The van der Waals surface area contributed by atoms with Crippen molar-refractivity contribution in [1.29, 1.82) is 0 Å². The first kappa shape index (κ1) is 15.6. The molecule has 4 rings (SSSR count). The van der Waals surface area contributed by atoms with Gasteiger partial charge in [0.15, 0.2) is 4.96 Å². The van der Waals surface area contributed by atoms with Crippen LogP contribution in [0.1, 0.15) is 27.5 Å². The summed E-state index contributed by atoms with van der Waals surface area (Å²) >= 11 is 1.37. The Morgan fingerprint density at radius 2 is 2.12 bits per heavy atom. The van der Waals surface area contributed by atoms with Crippen molar-refractivity contribution in [2.45, 2.75) is 20.5 Å². The van der Waals surface area contributed by atoms with E-state index in [4.69, 9.17) is 9.15 Å². The highest BCUT2D eigenvalue weighted by Gasteiger charge is 2.19. The number of carbonyl (C=O) groups excluding carboxylic acids is 1. The highest BCUT2D eigenvalue weighted by atomic mass is 32.1. The summed E-state index contributed by atoms with van der Waals surface area (Å²) in [4.78, 5) is 29.4. The van der Waals surface area contributed by atoms with Crippen LogP contribution >= 0.6 is 11.3 Å². The number of aryl methyl sites for hydroxylation is 2. The van der Waals surface area contributed by atoms with Crippen molar-refractivity contribution in [2.24, 2.45) is 0 Å². The number of carbonyl (C=O) groups is 1. The van der Waals surface area contributed by atoms with Gasteiger partial charge in [-0.1, -0.05) is 18.2 Å². The van der Waals surface area contributed by atoms with Crippen LogP contribution in [0.4, 0.5) is 0 Å². The Hall–Kier alpha value is -2.93. The quantitative estimate of drug-likeness (QED) is 0.527. The molecular weight excluding hydrogens is 340 g/mol. The minimum atomic E-state index is -0.571. The Bertz CT molecular complexity index is 1170. The topological polar surface area (TPSA) is 73.8 Å². The lowest BCUT2D eigenvalue weighted by Gasteiger charge is -2.04. The molecule has 7 heteroatoms. The van der Waals surface area contributed by atoms with Crippen LogP contribution in [-0.2, 0) is 11.3 Å². The van der Waals surface area contributed by atoms with Gasteiger partial charge in [0.05, 0.1) is 5.69 Å². The van der Waals surface area contributed by atoms with Gasteiger partial charge in [0.1, 0.15) is 12.2 Å². The third-order valence-corrected chi connectivity index (χ3v) is 4.95. The Morgan fingerprint density at radius 1 is 1.32 bits per heavy atom. The van der Waals surface area contributed by atoms with Crippen molar-refractivity contribution in [1.82, 2.24) is 9.38 Å². The molecule has 0 aliphatic carbocycles. The molecule has 0 radical (unpaired) electrons. The molecule has 0 amide bonds. The number of nitrogens with zero attached hydrogens (tertiary/aromatic N) is 2. The molecule has 25 heavy (non-hydrogen) atoms. The van der Waals surface area contributed by atoms with E-state index in [1.807, 2.05) is 37.4 Å². The zero-order valence-electron chi connectivity index (χ0n) is 13.6. The van der Waals surface area contributed by atoms with Gasteiger partial charge in [-0.2, -0.15) is 0 Å². The molecule has 0 aliphatic rings. The number of rotatable bonds is 3. The predicted octanol–water partition coefficient (Wildman–Crippen LogP) is 3.48. The lowest BCUT2D eigenvalue weighted by atomic mass is 10.1. The summed E-state index contributed by atoms with van der Waals surface area (Å²) < 4.78 is 12.4. The van der Waals surface area contributed by atoms with Gasteiger partial charge in [-0.25, -0.2) is 9.78 Å². The maximum absolute atomic E-state index is 12.3. The van der Waals surface area contributed by atoms with Gasteiger partial charge in [0.25, 0.3) is 5.56 Å². The van der Waals surface area contributed by atoms with E-state index >= 15 is 0 Å². The third kappa shape index (κ3) is 2.62. The van der Waals surface area contributed by atoms with Gasteiger partial charge < -0.3 is 9.15 Å². The molecule has 3 heterocycles. The number of furan rings is 1. The van der Waals surface area contributed by atoms with E-state index in [0.717, 1.165) is 16.6 Å². The smallest absolute Gasteiger partial charge is 0.374 e. The first-order valence-corrected chi connectivity index (χ1v) is 8.54. The van der Waals surface area contributed by atoms with Gasteiger partial charge in [-0.15, -0.1) is 11.3 Å². The molecule has 0 atom stereocenters. The van der Waals surface area contributed by atoms with Gasteiger partial charge in [-0.3, -0.25) is 9.20 Å². The molecule has 4 aromatic rings. The SMILES string of the molecule is Cc1c(C(=O)OCc2cc(=O)n3c(C)csc3n2)oc2ccccc12. The number of hydrogen-bond acceptors (Lipinski definition) is 6. The van der Waals surface area contributed by atoms with Crippen molar-refractivity contribution in [3.63, 3.8) is 0 Å². The van der Waals surface area contributed by atoms with E-state index < -0.39 is 5.97 Å². The van der Waals surface area contributed by atoms with E-state index in [1.165, 1.54) is 21.8 Å². The molecule has 1 aromatic carbocycles. The summed E-state index contributed by atoms with van der Waals surface area (Å²) in [7, 11) is 0. The molecule has 0 N–H and O–H groups in total. The fourth-order valence-corrected chi connectivity index (χ4v) is 3.64. The molecule has 3 aromatic heterocycles. The minimum Gasteiger partial charge on any atom is -0.453 e. The molecule has 0 saturated carbocycles. The molecular formula is C18H14N2O4S. The molecule has 126 valence electrons. The number of benzene rings is 1. The first-order chi connectivity index (χ1) is 12.0. The van der Waals surface area contributed by atoms with Crippen molar-refractivity contribution >= 4 is 33.2 Å². The molecule has 0 spiro atoms. The fourth-order valence-electron chi connectivity index (χ4n) is 2.75. The zero-order chi connectivity index (χ0) is 17.6. The van der Waals surface area contributed by atoms with Gasteiger partial charge >= 0.3 is 5.97 Å². The summed E-state index contributed by atoms with van der Waals surface area (Å²) in [6.45, 7) is 3.57. The monoisotopic (exact) mass is 354 g/mol. The number of thiazole rings is 1. The minimum absolute atomic E-state index is 0.0853. The highest BCUT2D eigenvalue weighted by molar-refractivity contribution is 7.15. The molecule has 0 bridgehead atoms. The van der Waals surface area contributed by atoms with Crippen LogP contribution in [0.5, 0.6) is 0 Å². The largest absolute Gasteiger partial charge is 0.453 e. The summed E-state index contributed by atoms with van der Waals surface area (Å²) in [6, 6.07) is 8.80. The van der Waals surface area contributed by atoms with E-state index in [1.54, 1.807) is 6.07 Å². The Labute approximate surface area is 146 Å². The summed E-state index contributed by atoms with van der Waals surface area (Å²) in [6.07, 6.45) is 0. The highest BCUT2D eigenvalue weighted by Crippen LogP contribution is 2.25. The van der Waals surface area contributed by atoms with Gasteiger partial charge in [-0.05, 0) is 19.9 Å². The standard InChI is InChI=1S/C18H14N2O4S/c1-10-9-25-18-19-12(7-15(21)20(10)18)8-23-17(22)16-11(2)13-5-3-4-6-14(13)24-16/h3-7,9H,8H2,1-2H3. The lowest BCUT2D eigenvalue weighted by molar-refractivity contribution is 0.0432. The second-order valence-corrected chi connectivity index (χ2v) is 6.55. The summed E-state index contributed by atoms with van der Waals surface area (Å²) in [5, 5.41) is 2.73. The van der Waals surface area contributed by atoms with Crippen LogP contribution in [0, 0.1) is 13.8 Å². The molecule has 0 aliphatic heterocycles. The van der Waals surface area contributed by atoms with Crippen molar-refractivity contribution < 1.29 is 13.9 Å². The van der Waals surface area contributed by atoms with Crippen LogP contribution in [0.25, 0.3) is 15.9 Å². The van der Waals surface area contributed by atoms with E-state index in [9.17, 15) is 9.59 Å². The number of ether oxygens (including phenoxy) is 1. The van der Waals surface area contributed by atoms with Crippen LogP contribution in [0.2, 0.25) is 0 Å². The van der Waals surface area contributed by atoms with E-state index in [2.05, 4.69) is 4.98 Å². The second-order valence-electron chi connectivity index (χ2n) is 5.71. The van der Waals surface area contributed by atoms with Crippen LogP contribution in [0.15, 0.2) is 44.9 Å². The Balaban J connectivity index is 1.59. The molecule has 0 unspecified atom stereocenters. The first-order valence-electron chi connectivity index (χ1n) is 7.66. The van der Waals surface area contributed by atoms with Crippen LogP contribution in [0.3, 0.4) is 0 Å². The fraction of sp³-hybridized carbons (Fsp3) is 0.167. The average molecular weight is 354 g/mol. The van der Waals surface area contributed by atoms with Crippen LogP contribution < -0.4 is 5.56 Å². The summed E-state index contributed by atoms with van der Waals surface area (Å²) in [5.41, 5.74) is 2.43.